The minimum atomic E-state index is -0.511. The van der Waals surface area contributed by atoms with Crippen LogP contribution in [0.15, 0.2) is 23.1 Å². The summed E-state index contributed by atoms with van der Waals surface area (Å²) < 4.78 is 11.2. The predicted molar refractivity (Wildman–Crippen MR) is 50.0 cm³/mol. The summed E-state index contributed by atoms with van der Waals surface area (Å²) in [7, 11) is 3.06. The number of furan rings is 1. The second-order valence-electron chi connectivity index (χ2n) is 2.90. The van der Waals surface area contributed by atoms with E-state index in [4.69, 9.17) is 4.42 Å². The smallest absolute Gasteiger partial charge is 0.373 e. The molecule has 0 saturated heterocycles. The molecule has 0 bridgehead atoms. The summed E-state index contributed by atoms with van der Waals surface area (Å²) >= 11 is 0. The number of hydrogen-bond acceptors (Lipinski definition) is 5. The number of carbonyl (C=O) groups is 1. The van der Waals surface area contributed by atoms with Crippen molar-refractivity contribution < 1.29 is 13.9 Å². The molecule has 2 rings (SSSR count). The van der Waals surface area contributed by atoms with E-state index in [1.807, 2.05) is 0 Å². The third-order valence-electron chi connectivity index (χ3n) is 1.96. The summed E-state index contributed by atoms with van der Waals surface area (Å²) in [6.07, 6.45) is 2.87. The zero-order chi connectivity index (χ0) is 10.8. The Labute approximate surface area is 85.5 Å². The van der Waals surface area contributed by atoms with E-state index in [2.05, 4.69) is 14.8 Å². The lowest BCUT2D eigenvalue weighted by Crippen LogP contribution is -1.98. The molecule has 0 fully saturated rings. The molecule has 6 heteroatoms. The number of carbonyl (C=O) groups excluding carboxylic acids is 1. The van der Waals surface area contributed by atoms with Crippen molar-refractivity contribution in [1.29, 1.82) is 0 Å². The van der Waals surface area contributed by atoms with Crippen molar-refractivity contribution >= 4 is 5.97 Å². The van der Waals surface area contributed by atoms with E-state index < -0.39 is 5.97 Å². The van der Waals surface area contributed by atoms with Gasteiger partial charge in [-0.15, -0.1) is 0 Å². The zero-order valence-electron chi connectivity index (χ0n) is 8.30. The van der Waals surface area contributed by atoms with Gasteiger partial charge in [0, 0.05) is 13.1 Å². The molecule has 0 radical (unpaired) electrons. The van der Waals surface area contributed by atoms with Crippen LogP contribution >= 0.6 is 0 Å². The van der Waals surface area contributed by atoms with Gasteiger partial charge >= 0.3 is 5.97 Å². The van der Waals surface area contributed by atoms with Crippen LogP contribution < -0.4 is 0 Å². The summed E-state index contributed by atoms with van der Waals surface area (Å²) in [5, 5.41) is 3.91. The fourth-order valence-electron chi connectivity index (χ4n) is 1.22. The van der Waals surface area contributed by atoms with Crippen molar-refractivity contribution in [3.05, 3.63) is 24.4 Å². The Kier molecular flexibility index (Phi) is 2.24. The number of methoxy groups -OCH3 is 1. The molecule has 0 saturated carbocycles. The van der Waals surface area contributed by atoms with E-state index in [0.29, 0.717) is 11.4 Å². The maximum atomic E-state index is 11.1. The Morgan fingerprint density at radius 3 is 3.00 bits per heavy atom. The van der Waals surface area contributed by atoms with Crippen LogP contribution in [0.1, 0.15) is 10.6 Å². The first kappa shape index (κ1) is 9.45. The fraction of sp³-hybridized carbons (Fsp3) is 0.222. The Balaban J connectivity index is 2.36. The van der Waals surface area contributed by atoms with Gasteiger partial charge in [0.05, 0.1) is 12.7 Å². The number of esters is 1. The standard InChI is InChI=1S/C9H9N3O3/c1-12-8(10-5-11-12)6-3-7(15-4-6)9(13)14-2/h3-5H,1-2H3. The number of hydrogen-bond donors (Lipinski definition) is 0. The second-order valence-corrected chi connectivity index (χ2v) is 2.90. The quantitative estimate of drug-likeness (QED) is 0.683. The van der Waals surface area contributed by atoms with Crippen LogP contribution in [0.5, 0.6) is 0 Å². The molecule has 0 spiro atoms. The molecular weight excluding hydrogens is 198 g/mol. The van der Waals surface area contributed by atoms with E-state index in [1.54, 1.807) is 17.8 Å². The first-order valence-corrected chi connectivity index (χ1v) is 4.23. The monoisotopic (exact) mass is 207 g/mol. The first-order valence-electron chi connectivity index (χ1n) is 4.23. The van der Waals surface area contributed by atoms with E-state index in [1.165, 1.54) is 19.7 Å². The Hall–Kier alpha value is -2.11. The molecule has 2 aromatic heterocycles. The molecule has 15 heavy (non-hydrogen) atoms. The maximum absolute atomic E-state index is 11.1. The topological polar surface area (TPSA) is 70.2 Å². The fourth-order valence-corrected chi connectivity index (χ4v) is 1.22. The Morgan fingerprint density at radius 2 is 2.40 bits per heavy atom. The molecule has 0 aliphatic heterocycles. The summed E-state index contributed by atoms with van der Waals surface area (Å²) in [5.41, 5.74) is 0.690. The van der Waals surface area contributed by atoms with Crippen molar-refractivity contribution in [2.24, 2.45) is 7.05 Å². The molecule has 0 aliphatic carbocycles. The number of ether oxygens (including phenoxy) is 1. The molecular formula is C9H9N3O3. The number of rotatable bonds is 2. The van der Waals surface area contributed by atoms with Crippen LogP contribution in [-0.4, -0.2) is 27.8 Å². The van der Waals surface area contributed by atoms with Crippen LogP contribution in [0.2, 0.25) is 0 Å². The zero-order valence-corrected chi connectivity index (χ0v) is 8.30. The molecule has 6 nitrogen and oxygen atoms in total. The highest BCUT2D eigenvalue weighted by Gasteiger charge is 2.14. The van der Waals surface area contributed by atoms with Gasteiger partial charge in [0.2, 0.25) is 5.76 Å². The van der Waals surface area contributed by atoms with Gasteiger partial charge in [-0.3, -0.25) is 0 Å². The van der Waals surface area contributed by atoms with E-state index in [-0.39, 0.29) is 5.76 Å². The predicted octanol–water partition coefficient (Wildman–Crippen LogP) is 0.862. The normalized spacial score (nSPS) is 10.3. The van der Waals surface area contributed by atoms with Crippen LogP contribution in [0, 0.1) is 0 Å². The van der Waals surface area contributed by atoms with Gasteiger partial charge < -0.3 is 9.15 Å². The van der Waals surface area contributed by atoms with Gasteiger partial charge in [0.15, 0.2) is 5.82 Å². The van der Waals surface area contributed by atoms with E-state index >= 15 is 0 Å². The molecule has 0 atom stereocenters. The lowest BCUT2D eigenvalue weighted by Gasteiger charge is -1.93. The van der Waals surface area contributed by atoms with Crippen molar-refractivity contribution in [3.8, 4) is 11.4 Å². The van der Waals surface area contributed by atoms with E-state index in [9.17, 15) is 4.79 Å². The van der Waals surface area contributed by atoms with Crippen molar-refractivity contribution in [3.63, 3.8) is 0 Å². The summed E-state index contributed by atoms with van der Waals surface area (Å²) in [4.78, 5) is 15.1. The molecule has 0 aromatic carbocycles. The number of aryl methyl sites for hydroxylation is 1. The van der Waals surface area contributed by atoms with Crippen LogP contribution in [0.25, 0.3) is 11.4 Å². The van der Waals surface area contributed by atoms with Crippen molar-refractivity contribution in [2.75, 3.05) is 7.11 Å². The number of nitrogens with zero attached hydrogens (tertiary/aromatic N) is 3. The average molecular weight is 207 g/mol. The van der Waals surface area contributed by atoms with Gasteiger partial charge in [-0.1, -0.05) is 0 Å². The van der Waals surface area contributed by atoms with Crippen LogP contribution in [0.3, 0.4) is 0 Å². The second kappa shape index (κ2) is 3.56. The van der Waals surface area contributed by atoms with Crippen LogP contribution in [-0.2, 0) is 11.8 Å². The Bertz CT molecular complexity index is 486. The molecule has 78 valence electrons. The van der Waals surface area contributed by atoms with Gasteiger partial charge in [0.25, 0.3) is 0 Å². The highest BCUT2D eigenvalue weighted by atomic mass is 16.5. The minimum absolute atomic E-state index is 0.149. The largest absolute Gasteiger partial charge is 0.463 e. The highest BCUT2D eigenvalue weighted by molar-refractivity contribution is 5.87. The van der Waals surface area contributed by atoms with Crippen molar-refractivity contribution in [2.45, 2.75) is 0 Å². The summed E-state index contributed by atoms with van der Waals surface area (Å²) in [6, 6.07) is 1.57. The van der Waals surface area contributed by atoms with Gasteiger partial charge in [-0.25, -0.2) is 14.5 Å². The Morgan fingerprint density at radius 1 is 1.60 bits per heavy atom. The highest BCUT2D eigenvalue weighted by Crippen LogP contribution is 2.19. The SMILES string of the molecule is COC(=O)c1cc(-c2ncnn2C)co1. The lowest BCUT2D eigenvalue weighted by atomic mass is 10.3. The van der Waals surface area contributed by atoms with Gasteiger partial charge in [0.1, 0.15) is 12.6 Å². The van der Waals surface area contributed by atoms with Gasteiger partial charge in [-0.05, 0) is 0 Å². The molecule has 0 aliphatic rings. The van der Waals surface area contributed by atoms with Crippen molar-refractivity contribution in [1.82, 2.24) is 14.8 Å². The third kappa shape index (κ3) is 1.61. The number of aromatic nitrogens is 3. The first-order chi connectivity index (χ1) is 7.22. The molecule has 0 unspecified atom stereocenters. The summed E-state index contributed by atoms with van der Waals surface area (Å²) in [6.45, 7) is 0. The third-order valence-corrected chi connectivity index (χ3v) is 1.96. The molecule has 0 amide bonds. The van der Waals surface area contributed by atoms with E-state index in [0.717, 1.165) is 0 Å². The summed E-state index contributed by atoms with van der Waals surface area (Å²) in [5.74, 6) is 0.271. The van der Waals surface area contributed by atoms with Crippen LogP contribution in [0.4, 0.5) is 0 Å². The molecule has 2 aromatic rings. The maximum Gasteiger partial charge on any atom is 0.373 e. The average Bonchev–Trinajstić information content (AvgIpc) is 2.84. The minimum Gasteiger partial charge on any atom is -0.463 e. The lowest BCUT2D eigenvalue weighted by molar-refractivity contribution is 0.0565. The van der Waals surface area contributed by atoms with Gasteiger partial charge in [-0.2, -0.15) is 5.10 Å². The molecule has 2 heterocycles. The molecule has 0 N–H and O–H groups in total.